The Labute approximate surface area is 47.4 Å². The number of allylic oxidation sites excluding steroid dienone is 1. The number of likely N-dealkylation sites (N-methyl/N-ethyl adjacent to an activating group) is 1. The van der Waals surface area contributed by atoms with E-state index in [0.29, 0.717) is 6.29 Å². The van der Waals surface area contributed by atoms with E-state index in [-0.39, 0.29) is 5.91 Å². The highest BCUT2D eigenvalue weighted by Gasteiger charge is 1.83. The minimum atomic E-state index is -0.267. The molecule has 0 aliphatic carbocycles. The molecule has 1 amide bonds. The second-order valence-electron chi connectivity index (χ2n) is 1.11. The van der Waals surface area contributed by atoms with Gasteiger partial charge >= 0.3 is 0 Å². The van der Waals surface area contributed by atoms with E-state index in [4.69, 9.17) is 0 Å². The Morgan fingerprint density at radius 2 is 2.25 bits per heavy atom. The van der Waals surface area contributed by atoms with Gasteiger partial charge in [0.05, 0.1) is 0 Å². The molecule has 0 saturated heterocycles. The molecule has 0 aliphatic rings. The highest BCUT2D eigenvalue weighted by Crippen LogP contribution is 1.65. The molecule has 0 aromatic heterocycles. The minimum Gasteiger partial charge on any atom is -0.356 e. The van der Waals surface area contributed by atoms with Crippen LogP contribution in [-0.2, 0) is 9.59 Å². The molecule has 0 atom stereocenters. The summed E-state index contributed by atoms with van der Waals surface area (Å²) in [6, 6.07) is 0. The van der Waals surface area contributed by atoms with Gasteiger partial charge in [-0.05, 0) is 6.08 Å². The van der Waals surface area contributed by atoms with Crippen LogP contribution >= 0.6 is 0 Å². The van der Waals surface area contributed by atoms with E-state index in [0.717, 1.165) is 12.2 Å². The fourth-order valence-corrected chi connectivity index (χ4v) is 0.210. The lowest BCUT2D eigenvalue weighted by Crippen LogP contribution is -2.13. The zero-order valence-electron chi connectivity index (χ0n) is 4.55. The normalized spacial score (nSPS) is 9.12. The summed E-state index contributed by atoms with van der Waals surface area (Å²) in [6.45, 7) is 0. The molecule has 0 unspecified atom stereocenters. The average molecular weight is 113 g/mol. The third-order valence-corrected chi connectivity index (χ3v) is 0.573. The first-order valence-electron chi connectivity index (χ1n) is 2.15. The third kappa shape index (κ3) is 3.08. The molecule has 3 heteroatoms. The molecule has 0 heterocycles. The van der Waals surface area contributed by atoms with Crippen LogP contribution in [-0.4, -0.2) is 19.2 Å². The molecule has 0 radical (unpaired) electrons. The van der Waals surface area contributed by atoms with Crippen molar-refractivity contribution >= 4 is 12.2 Å². The van der Waals surface area contributed by atoms with Crippen LogP contribution in [0.3, 0.4) is 0 Å². The Morgan fingerprint density at radius 3 is 2.62 bits per heavy atom. The number of aldehydes is 1. The summed E-state index contributed by atoms with van der Waals surface area (Å²) < 4.78 is 0. The molecule has 0 rings (SSSR count). The first kappa shape index (κ1) is 6.88. The minimum absolute atomic E-state index is 0.267. The third-order valence-electron chi connectivity index (χ3n) is 0.573. The van der Waals surface area contributed by atoms with Crippen molar-refractivity contribution in [2.45, 2.75) is 0 Å². The summed E-state index contributed by atoms with van der Waals surface area (Å²) in [5.74, 6) is -0.267. The van der Waals surface area contributed by atoms with E-state index >= 15 is 0 Å². The van der Waals surface area contributed by atoms with Gasteiger partial charge in [-0.25, -0.2) is 0 Å². The molecule has 0 saturated carbocycles. The van der Waals surface area contributed by atoms with Gasteiger partial charge in [0.25, 0.3) is 0 Å². The van der Waals surface area contributed by atoms with Gasteiger partial charge in [-0.1, -0.05) is 0 Å². The maximum atomic E-state index is 10.2. The second kappa shape index (κ2) is 4.05. The van der Waals surface area contributed by atoms with Gasteiger partial charge < -0.3 is 5.32 Å². The van der Waals surface area contributed by atoms with Crippen LogP contribution in [0.15, 0.2) is 12.2 Å². The van der Waals surface area contributed by atoms with Gasteiger partial charge in [0, 0.05) is 13.1 Å². The second-order valence-corrected chi connectivity index (χ2v) is 1.11. The Kier molecular flexibility index (Phi) is 3.48. The molecule has 0 fully saturated rings. The monoisotopic (exact) mass is 113 g/mol. The number of rotatable bonds is 2. The van der Waals surface area contributed by atoms with Gasteiger partial charge in [0.2, 0.25) is 5.91 Å². The van der Waals surface area contributed by atoms with Crippen molar-refractivity contribution in [1.29, 1.82) is 0 Å². The van der Waals surface area contributed by atoms with Gasteiger partial charge in [0.1, 0.15) is 6.29 Å². The Hall–Kier alpha value is -1.12. The van der Waals surface area contributed by atoms with Crippen molar-refractivity contribution in [2.75, 3.05) is 7.05 Å². The van der Waals surface area contributed by atoms with Crippen LogP contribution in [0.1, 0.15) is 0 Å². The number of hydrogen-bond acceptors (Lipinski definition) is 2. The zero-order valence-corrected chi connectivity index (χ0v) is 4.55. The molecule has 44 valence electrons. The summed E-state index contributed by atoms with van der Waals surface area (Å²) >= 11 is 0. The smallest absolute Gasteiger partial charge is 0.243 e. The summed E-state index contributed by atoms with van der Waals surface area (Å²) in [5.41, 5.74) is 0. The van der Waals surface area contributed by atoms with Crippen molar-refractivity contribution < 1.29 is 9.59 Å². The molecule has 0 bridgehead atoms. The SMILES string of the molecule is CNC(=O)/C=C\C=O. The molecular weight excluding hydrogens is 106 g/mol. The molecular formula is C5H7NO2. The van der Waals surface area contributed by atoms with Gasteiger partial charge in [-0.15, -0.1) is 0 Å². The number of amides is 1. The van der Waals surface area contributed by atoms with Gasteiger partial charge in [-0.3, -0.25) is 9.59 Å². The Balaban J connectivity index is 3.52. The predicted molar refractivity (Wildman–Crippen MR) is 29.3 cm³/mol. The van der Waals surface area contributed by atoms with Crippen LogP contribution in [0, 0.1) is 0 Å². The molecule has 8 heavy (non-hydrogen) atoms. The maximum Gasteiger partial charge on any atom is 0.243 e. The Bertz CT molecular complexity index is 118. The quantitative estimate of drug-likeness (QED) is 0.387. The topological polar surface area (TPSA) is 46.2 Å². The van der Waals surface area contributed by atoms with Crippen LogP contribution in [0.5, 0.6) is 0 Å². The van der Waals surface area contributed by atoms with E-state index in [2.05, 4.69) is 5.32 Å². The van der Waals surface area contributed by atoms with Gasteiger partial charge in [-0.2, -0.15) is 0 Å². The van der Waals surface area contributed by atoms with Crippen molar-refractivity contribution in [3.8, 4) is 0 Å². The molecule has 0 spiro atoms. The number of carbonyl (C=O) groups excluding carboxylic acids is 2. The molecule has 1 N–H and O–H groups in total. The number of nitrogens with one attached hydrogen (secondary N) is 1. The van der Waals surface area contributed by atoms with Crippen LogP contribution in [0.25, 0.3) is 0 Å². The van der Waals surface area contributed by atoms with Gasteiger partial charge in [0.15, 0.2) is 0 Å². The van der Waals surface area contributed by atoms with Crippen molar-refractivity contribution in [1.82, 2.24) is 5.32 Å². The number of hydrogen-bond donors (Lipinski definition) is 1. The summed E-state index contributed by atoms with van der Waals surface area (Å²) in [6.07, 6.45) is 2.85. The van der Waals surface area contributed by atoms with Crippen LogP contribution in [0.2, 0.25) is 0 Å². The first-order chi connectivity index (χ1) is 3.81. The lowest BCUT2D eigenvalue weighted by atomic mass is 10.5. The van der Waals surface area contributed by atoms with Crippen molar-refractivity contribution in [2.24, 2.45) is 0 Å². The van der Waals surface area contributed by atoms with Crippen LogP contribution < -0.4 is 5.32 Å². The largest absolute Gasteiger partial charge is 0.356 e. The van der Waals surface area contributed by atoms with E-state index in [1.165, 1.54) is 7.05 Å². The lowest BCUT2D eigenvalue weighted by molar-refractivity contribution is -0.116. The summed E-state index contributed by atoms with van der Waals surface area (Å²) in [7, 11) is 1.50. The number of carbonyl (C=O) groups is 2. The average Bonchev–Trinajstić information content (AvgIpc) is 1.83. The first-order valence-corrected chi connectivity index (χ1v) is 2.15. The van der Waals surface area contributed by atoms with E-state index in [1.807, 2.05) is 0 Å². The maximum absolute atomic E-state index is 10.2. The van der Waals surface area contributed by atoms with Crippen LogP contribution in [0.4, 0.5) is 0 Å². The molecule has 0 aliphatic heterocycles. The van der Waals surface area contributed by atoms with Crippen molar-refractivity contribution in [3.05, 3.63) is 12.2 Å². The fraction of sp³-hybridized carbons (Fsp3) is 0.200. The van der Waals surface area contributed by atoms with E-state index < -0.39 is 0 Å². The van der Waals surface area contributed by atoms with E-state index in [9.17, 15) is 9.59 Å². The molecule has 0 aromatic rings. The van der Waals surface area contributed by atoms with E-state index in [1.54, 1.807) is 0 Å². The molecule has 0 aromatic carbocycles. The Morgan fingerprint density at radius 1 is 1.62 bits per heavy atom. The van der Waals surface area contributed by atoms with Crippen molar-refractivity contribution in [3.63, 3.8) is 0 Å². The lowest BCUT2D eigenvalue weighted by Gasteiger charge is -1.84. The standard InChI is InChI=1S/C5H7NO2/c1-6-5(8)3-2-4-7/h2-4H,1H3,(H,6,8)/b3-2-. The highest BCUT2D eigenvalue weighted by atomic mass is 16.1. The molecule has 3 nitrogen and oxygen atoms in total. The predicted octanol–water partition coefficient (Wildman–Crippen LogP) is -0.513. The summed E-state index contributed by atoms with van der Waals surface area (Å²) in [5, 5.41) is 2.32. The fourth-order valence-electron chi connectivity index (χ4n) is 0.210. The summed E-state index contributed by atoms with van der Waals surface area (Å²) in [4.78, 5) is 19.8. The zero-order chi connectivity index (χ0) is 6.41. The highest BCUT2D eigenvalue weighted by molar-refractivity contribution is 5.90.